The molecule has 0 radical (unpaired) electrons. The first-order valence-electron chi connectivity index (χ1n) is 11.7. The molecule has 3 aliphatic rings. The van der Waals surface area contributed by atoms with Crippen LogP contribution in [0.4, 0.5) is 5.69 Å². The fourth-order valence-electron chi connectivity index (χ4n) is 4.32. The van der Waals surface area contributed by atoms with Gasteiger partial charge in [0.05, 0.1) is 18.9 Å². The predicted octanol–water partition coefficient (Wildman–Crippen LogP) is 3.41. The van der Waals surface area contributed by atoms with Gasteiger partial charge in [-0.15, -0.1) is 0 Å². The molecule has 1 fully saturated rings. The van der Waals surface area contributed by atoms with Gasteiger partial charge >= 0.3 is 0 Å². The molecule has 0 saturated carbocycles. The van der Waals surface area contributed by atoms with Crippen molar-refractivity contribution >= 4 is 36.0 Å². The van der Waals surface area contributed by atoms with Crippen LogP contribution in [-0.4, -0.2) is 49.3 Å². The van der Waals surface area contributed by atoms with Crippen molar-refractivity contribution in [2.24, 2.45) is 9.98 Å². The Morgan fingerprint density at radius 3 is 2.79 bits per heavy atom. The summed E-state index contributed by atoms with van der Waals surface area (Å²) in [5.74, 6) is 1.71. The molecule has 0 amide bonds. The summed E-state index contributed by atoms with van der Waals surface area (Å²) in [6.07, 6.45) is 10.5. The lowest BCUT2D eigenvalue weighted by molar-refractivity contribution is 0.122. The van der Waals surface area contributed by atoms with Gasteiger partial charge in [0.25, 0.3) is 0 Å². The first kappa shape index (κ1) is 21.5. The molecule has 5 rings (SSSR count). The second-order valence-corrected chi connectivity index (χ2v) is 8.43. The van der Waals surface area contributed by atoms with E-state index in [9.17, 15) is 0 Å². The molecule has 4 heterocycles. The Bertz CT molecular complexity index is 1230. The quantitative estimate of drug-likeness (QED) is 0.698. The van der Waals surface area contributed by atoms with Crippen molar-refractivity contribution in [2.75, 3.05) is 31.2 Å². The number of hydrogen-bond donors (Lipinski definition) is 1. The number of aliphatic imine (C=N–C) groups is 2. The zero-order chi connectivity index (χ0) is 22.6. The molecule has 6 heteroatoms. The summed E-state index contributed by atoms with van der Waals surface area (Å²) in [6, 6.07) is 10.5. The molecule has 0 bridgehead atoms. The number of hydrogen-bond acceptors (Lipinski definition) is 5. The van der Waals surface area contributed by atoms with Crippen molar-refractivity contribution in [3.05, 3.63) is 70.2 Å². The number of anilines is 1. The highest BCUT2D eigenvalue weighted by atomic mass is 16.5. The van der Waals surface area contributed by atoms with E-state index in [4.69, 9.17) is 14.5 Å². The topological polar surface area (TPSA) is 62.2 Å². The van der Waals surface area contributed by atoms with E-state index in [0.29, 0.717) is 6.42 Å². The van der Waals surface area contributed by atoms with Crippen LogP contribution in [0.1, 0.15) is 31.7 Å². The molecule has 1 unspecified atom stereocenters. The van der Waals surface area contributed by atoms with Crippen LogP contribution in [0.3, 0.4) is 0 Å². The Kier molecular flexibility index (Phi) is 6.26. The van der Waals surface area contributed by atoms with Gasteiger partial charge in [-0.25, -0.2) is 0 Å². The van der Waals surface area contributed by atoms with Crippen molar-refractivity contribution in [3.8, 4) is 0 Å². The van der Waals surface area contributed by atoms with Crippen molar-refractivity contribution in [2.45, 2.75) is 32.2 Å². The van der Waals surface area contributed by atoms with Crippen molar-refractivity contribution in [3.63, 3.8) is 0 Å². The summed E-state index contributed by atoms with van der Waals surface area (Å²) >= 11 is 0. The number of morpholine rings is 1. The van der Waals surface area contributed by atoms with Crippen LogP contribution >= 0.6 is 0 Å². The number of nitrogens with zero attached hydrogens (tertiary/aromatic N) is 3. The number of nitrogens with one attached hydrogen (secondary N) is 1. The van der Waals surface area contributed by atoms with E-state index in [2.05, 4.69) is 64.8 Å². The lowest BCUT2D eigenvalue weighted by atomic mass is 10.1. The summed E-state index contributed by atoms with van der Waals surface area (Å²) in [5, 5.41) is 2.06. The van der Waals surface area contributed by atoms with Gasteiger partial charge in [-0.05, 0) is 48.0 Å². The number of fused-ring (bicyclic) bond motifs is 1. The Balaban J connectivity index is 1.34. The third kappa shape index (κ3) is 4.71. The SMILES string of the molecule is C=c1cc[nH]/c1=C/CC(CC)=NC1=C2OC(c3ccc(N4CCOCC4)cc3)=CC2N=CC1. The van der Waals surface area contributed by atoms with Crippen LogP contribution < -0.4 is 15.5 Å². The molecule has 6 nitrogen and oxygen atoms in total. The van der Waals surface area contributed by atoms with Gasteiger partial charge < -0.3 is 19.4 Å². The Morgan fingerprint density at radius 2 is 2.06 bits per heavy atom. The van der Waals surface area contributed by atoms with E-state index in [1.807, 2.05) is 18.5 Å². The van der Waals surface area contributed by atoms with E-state index in [0.717, 1.165) is 78.2 Å². The molecule has 1 aromatic heterocycles. The molecule has 1 N–H and O–H groups in total. The highest BCUT2D eigenvalue weighted by Gasteiger charge is 2.29. The van der Waals surface area contributed by atoms with Crippen molar-refractivity contribution in [1.82, 2.24) is 4.98 Å². The molecule has 170 valence electrons. The zero-order valence-electron chi connectivity index (χ0n) is 19.1. The summed E-state index contributed by atoms with van der Waals surface area (Å²) in [7, 11) is 0. The van der Waals surface area contributed by atoms with Crippen LogP contribution in [0, 0.1) is 0 Å². The number of dihydropyridines is 1. The summed E-state index contributed by atoms with van der Waals surface area (Å²) < 4.78 is 11.8. The van der Waals surface area contributed by atoms with E-state index in [1.165, 1.54) is 5.69 Å². The lowest BCUT2D eigenvalue weighted by Crippen LogP contribution is -2.36. The van der Waals surface area contributed by atoms with E-state index < -0.39 is 0 Å². The first-order chi connectivity index (χ1) is 16.2. The third-order valence-corrected chi connectivity index (χ3v) is 6.27. The molecule has 2 aromatic rings. The maximum absolute atomic E-state index is 6.32. The highest BCUT2D eigenvalue weighted by molar-refractivity contribution is 5.89. The number of aromatic amines is 1. The molecular formula is C27H30N4O2. The predicted molar refractivity (Wildman–Crippen MR) is 135 cm³/mol. The number of ether oxygens (including phenoxy) is 2. The first-order valence-corrected chi connectivity index (χ1v) is 11.7. The average Bonchev–Trinajstić information content (AvgIpc) is 3.49. The van der Waals surface area contributed by atoms with Gasteiger partial charge in [-0.2, -0.15) is 0 Å². The largest absolute Gasteiger partial charge is 0.457 e. The van der Waals surface area contributed by atoms with Gasteiger partial charge in [0, 0.05) is 60.7 Å². The maximum atomic E-state index is 6.32. The van der Waals surface area contributed by atoms with Crippen LogP contribution in [0.5, 0.6) is 0 Å². The van der Waals surface area contributed by atoms with Crippen LogP contribution in [-0.2, 0) is 9.47 Å². The smallest absolute Gasteiger partial charge is 0.154 e. The number of aromatic nitrogens is 1. The number of H-pyrrole nitrogens is 1. The molecule has 33 heavy (non-hydrogen) atoms. The fourth-order valence-corrected chi connectivity index (χ4v) is 4.32. The van der Waals surface area contributed by atoms with Crippen LogP contribution in [0.15, 0.2) is 64.0 Å². The standard InChI is InChI=1S/C27H30N4O2/c1-3-21(6-9-23-19(2)10-12-28-23)30-24-11-13-29-25-18-26(33-27(24)25)20-4-7-22(8-5-20)31-14-16-32-17-15-31/h4-5,7-10,12-13,18,25,28H,2-3,6,11,14-17H2,1H3/b23-9+,30-21?. The second-order valence-electron chi connectivity index (χ2n) is 8.43. The second kappa shape index (κ2) is 9.63. The highest BCUT2D eigenvalue weighted by Crippen LogP contribution is 2.36. The molecule has 0 aliphatic carbocycles. The Morgan fingerprint density at radius 1 is 1.24 bits per heavy atom. The zero-order valence-corrected chi connectivity index (χ0v) is 19.1. The van der Waals surface area contributed by atoms with Gasteiger partial charge in [0.2, 0.25) is 0 Å². The maximum Gasteiger partial charge on any atom is 0.154 e. The van der Waals surface area contributed by atoms with Gasteiger partial charge in [-0.3, -0.25) is 9.98 Å². The summed E-state index contributed by atoms with van der Waals surface area (Å²) in [4.78, 5) is 15.2. The Labute approximate surface area is 194 Å². The average molecular weight is 443 g/mol. The monoisotopic (exact) mass is 442 g/mol. The lowest BCUT2D eigenvalue weighted by Gasteiger charge is -2.28. The van der Waals surface area contributed by atoms with Crippen molar-refractivity contribution in [1.29, 1.82) is 0 Å². The fraction of sp³-hybridized carbons (Fsp3) is 0.333. The van der Waals surface area contributed by atoms with Crippen LogP contribution in [0.2, 0.25) is 0 Å². The van der Waals surface area contributed by atoms with Gasteiger partial charge in [-0.1, -0.05) is 19.6 Å². The molecular weight excluding hydrogens is 412 g/mol. The normalized spacial score (nSPS) is 21.3. The number of benzene rings is 1. The minimum Gasteiger partial charge on any atom is -0.457 e. The third-order valence-electron chi connectivity index (χ3n) is 6.27. The number of rotatable bonds is 6. The number of allylic oxidation sites excluding steroid dienone is 1. The Hall–Kier alpha value is -3.38. The molecule has 1 aromatic carbocycles. The molecule has 1 saturated heterocycles. The van der Waals surface area contributed by atoms with Gasteiger partial charge in [0.15, 0.2) is 5.76 Å². The summed E-state index contributed by atoms with van der Waals surface area (Å²) in [6.45, 7) is 9.62. The molecule has 1 atom stereocenters. The van der Waals surface area contributed by atoms with Gasteiger partial charge in [0.1, 0.15) is 11.8 Å². The molecule has 3 aliphatic heterocycles. The minimum atomic E-state index is -0.0941. The van der Waals surface area contributed by atoms with E-state index >= 15 is 0 Å². The van der Waals surface area contributed by atoms with Crippen LogP contribution in [0.25, 0.3) is 18.4 Å². The van der Waals surface area contributed by atoms with Crippen molar-refractivity contribution < 1.29 is 9.47 Å². The van der Waals surface area contributed by atoms with E-state index in [-0.39, 0.29) is 6.04 Å². The molecule has 0 spiro atoms. The summed E-state index contributed by atoms with van der Waals surface area (Å²) in [5.41, 5.74) is 4.37. The van der Waals surface area contributed by atoms with E-state index in [1.54, 1.807) is 0 Å². The minimum absolute atomic E-state index is 0.0941.